The van der Waals surface area contributed by atoms with Gasteiger partial charge in [-0.25, -0.2) is 0 Å². The number of rotatable bonds is 2. The van der Waals surface area contributed by atoms with Crippen LogP contribution in [0.2, 0.25) is 0 Å². The predicted molar refractivity (Wildman–Crippen MR) is 67.6 cm³/mol. The van der Waals surface area contributed by atoms with E-state index in [1.165, 1.54) is 0 Å². The number of carbonyl (C=O) groups excluding carboxylic acids is 2. The van der Waals surface area contributed by atoms with Gasteiger partial charge in [-0.05, 0) is 13.8 Å². The van der Waals surface area contributed by atoms with Crippen LogP contribution < -0.4 is 0 Å². The molecule has 5 heterocycles. The Morgan fingerprint density at radius 1 is 0.833 bits per heavy atom. The molecule has 5 aliphatic heterocycles. The number of nitrogens with zero attached hydrogens (tertiary/aromatic N) is 2. The van der Waals surface area contributed by atoms with Crippen LogP contribution in [0, 0.1) is 11.8 Å². The SMILES string of the molecule is CCN1C(=O)[C@H]2C=C[C@@H]1[C@@H]1C=C[C@@H]2N(CC)C1=O. The van der Waals surface area contributed by atoms with Crippen LogP contribution in [-0.2, 0) is 9.59 Å². The van der Waals surface area contributed by atoms with Crippen LogP contribution in [0.1, 0.15) is 13.8 Å². The van der Waals surface area contributed by atoms with Crippen molar-refractivity contribution < 1.29 is 9.59 Å². The molecule has 0 radical (unpaired) electrons. The van der Waals surface area contributed by atoms with Crippen LogP contribution in [-0.4, -0.2) is 46.8 Å². The van der Waals surface area contributed by atoms with Gasteiger partial charge in [0.2, 0.25) is 11.8 Å². The molecular weight excluding hydrogens is 228 g/mol. The molecule has 0 saturated carbocycles. The fourth-order valence-electron chi connectivity index (χ4n) is 3.40. The molecule has 4 bridgehead atoms. The van der Waals surface area contributed by atoms with E-state index in [2.05, 4.69) is 0 Å². The van der Waals surface area contributed by atoms with E-state index in [4.69, 9.17) is 0 Å². The quantitative estimate of drug-likeness (QED) is 0.676. The molecule has 1 aliphatic carbocycles. The molecule has 0 aromatic rings. The summed E-state index contributed by atoms with van der Waals surface area (Å²) in [4.78, 5) is 28.6. The summed E-state index contributed by atoms with van der Waals surface area (Å²) in [5.41, 5.74) is 0. The minimum atomic E-state index is -0.206. The zero-order valence-corrected chi connectivity index (χ0v) is 10.7. The molecule has 4 atom stereocenters. The van der Waals surface area contributed by atoms with Gasteiger partial charge in [-0.15, -0.1) is 0 Å². The average molecular weight is 246 g/mol. The smallest absolute Gasteiger partial charge is 0.232 e. The largest absolute Gasteiger partial charge is 0.335 e. The van der Waals surface area contributed by atoms with E-state index in [-0.39, 0.29) is 35.7 Å². The van der Waals surface area contributed by atoms with Crippen molar-refractivity contribution in [2.75, 3.05) is 13.1 Å². The number of carbonyl (C=O) groups is 2. The maximum atomic E-state index is 12.5. The summed E-state index contributed by atoms with van der Waals surface area (Å²) in [5, 5.41) is 0. The molecule has 4 nitrogen and oxygen atoms in total. The van der Waals surface area contributed by atoms with Gasteiger partial charge in [0.1, 0.15) is 0 Å². The third kappa shape index (κ3) is 1.32. The van der Waals surface area contributed by atoms with E-state index in [0.29, 0.717) is 13.1 Å². The lowest BCUT2D eigenvalue weighted by Crippen LogP contribution is -2.62. The van der Waals surface area contributed by atoms with E-state index in [9.17, 15) is 9.59 Å². The van der Waals surface area contributed by atoms with E-state index < -0.39 is 0 Å². The lowest BCUT2D eigenvalue weighted by atomic mass is 9.78. The van der Waals surface area contributed by atoms with Crippen molar-refractivity contribution in [3.05, 3.63) is 24.3 Å². The summed E-state index contributed by atoms with van der Waals surface area (Å²) in [6, 6.07) is -0.199. The molecule has 0 N–H and O–H groups in total. The lowest BCUT2D eigenvalue weighted by Gasteiger charge is -2.49. The van der Waals surface area contributed by atoms with Crippen LogP contribution in [0.3, 0.4) is 0 Å². The molecule has 0 aromatic carbocycles. The molecule has 0 unspecified atom stereocenters. The molecule has 2 amide bonds. The summed E-state index contributed by atoms with van der Waals surface area (Å²) in [6.07, 6.45) is 8.08. The van der Waals surface area contributed by atoms with Crippen molar-refractivity contribution in [3.8, 4) is 0 Å². The molecule has 1 fully saturated rings. The Bertz CT molecular complexity index is 413. The third-order valence-corrected chi connectivity index (χ3v) is 4.30. The van der Waals surface area contributed by atoms with Crippen LogP contribution in [0.5, 0.6) is 0 Å². The van der Waals surface area contributed by atoms with Crippen molar-refractivity contribution in [2.45, 2.75) is 25.9 Å². The molecule has 6 rings (SSSR count). The van der Waals surface area contributed by atoms with E-state index >= 15 is 0 Å². The Kier molecular flexibility index (Phi) is 2.54. The van der Waals surface area contributed by atoms with Crippen LogP contribution in [0.15, 0.2) is 24.3 Å². The zero-order chi connectivity index (χ0) is 12.9. The fourth-order valence-corrected chi connectivity index (χ4v) is 3.40. The molecule has 6 aliphatic rings. The highest BCUT2D eigenvalue weighted by Gasteiger charge is 2.48. The Morgan fingerprint density at radius 2 is 1.22 bits per heavy atom. The Labute approximate surface area is 107 Å². The summed E-state index contributed by atoms with van der Waals surface area (Å²) < 4.78 is 0. The summed E-state index contributed by atoms with van der Waals surface area (Å²) in [5.74, 6) is -0.0872. The molecule has 96 valence electrons. The third-order valence-electron chi connectivity index (χ3n) is 4.30. The topological polar surface area (TPSA) is 40.6 Å². The maximum Gasteiger partial charge on any atom is 0.232 e. The summed E-state index contributed by atoms with van der Waals surface area (Å²) >= 11 is 0. The van der Waals surface area contributed by atoms with Crippen molar-refractivity contribution in [3.63, 3.8) is 0 Å². The van der Waals surface area contributed by atoms with Gasteiger partial charge >= 0.3 is 0 Å². The van der Waals surface area contributed by atoms with Gasteiger partial charge in [-0.1, -0.05) is 24.3 Å². The van der Waals surface area contributed by atoms with Crippen LogP contribution >= 0.6 is 0 Å². The van der Waals surface area contributed by atoms with Crippen LogP contribution in [0.4, 0.5) is 0 Å². The Morgan fingerprint density at radius 3 is 1.56 bits per heavy atom. The molecular formula is C14H18N2O2. The Hall–Kier alpha value is -1.58. The highest BCUT2D eigenvalue weighted by molar-refractivity contribution is 5.91. The van der Waals surface area contributed by atoms with Crippen molar-refractivity contribution in [1.82, 2.24) is 9.80 Å². The first-order valence-corrected chi connectivity index (χ1v) is 6.66. The molecule has 0 spiro atoms. The number of hydrogen-bond donors (Lipinski definition) is 0. The molecule has 18 heavy (non-hydrogen) atoms. The van der Waals surface area contributed by atoms with Crippen molar-refractivity contribution >= 4 is 11.8 Å². The van der Waals surface area contributed by atoms with Gasteiger partial charge in [0.05, 0.1) is 23.9 Å². The van der Waals surface area contributed by atoms with Gasteiger partial charge in [-0.3, -0.25) is 9.59 Å². The zero-order valence-electron chi connectivity index (χ0n) is 10.7. The monoisotopic (exact) mass is 246 g/mol. The number of amides is 2. The molecule has 1 saturated heterocycles. The summed E-state index contributed by atoms with van der Waals surface area (Å²) in [6.45, 7) is 5.28. The van der Waals surface area contributed by atoms with Crippen LogP contribution in [0.25, 0.3) is 0 Å². The minimum absolute atomic E-state index is 0.0993. The van der Waals surface area contributed by atoms with Gasteiger partial charge in [0.15, 0.2) is 0 Å². The lowest BCUT2D eigenvalue weighted by molar-refractivity contribution is -0.150. The van der Waals surface area contributed by atoms with Gasteiger partial charge < -0.3 is 9.80 Å². The molecule has 0 aromatic heterocycles. The highest BCUT2D eigenvalue weighted by Crippen LogP contribution is 2.36. The standard InChI is InChI=1S/C14H18N2O2/c1-3-15-11-7-5-10(13(15)17)12-8-6-9(11)14(18)16(12)4-2/h5-12H,3-4H2,1-2H3/t9-,10-,11-,12+/m0/s1. The van der Waals surface area contributed by atoms with Gasteiger partial charge in [-0.2, -0.15) is 0 Å². The number of likely N-dealkylation sites (N-methyl/N-ethyl adjacent to an activating group) is 2. The van der Waals surface area contributed by atoms with Gasteiger partial charge in [0, 0.05) is 13.1 Å². The first-order valence-electron chi connectivity index (χ1n) is 6.66. The van der Waals surface area contributed by atoms with E-state index in [1.54, 1.807) is 0 Å². The first-order chi connectivity index (χ1) is 8.69. The summed E-state index contributed by atoms with van der Waals surface area (Å²) in [7, 11) is 0. The second-order valence-electron chi connectivity index (χ2n) is 5.05. The normalized spacial score (nSPS) is 37.4. The Balaban J connectivity index is 2.12. The highest BCUT2D eigenvalue weighted by atomic mass is 16.2. The molecule has 4 heteroatoms. The number of hydrogen-bond acceptors (Lipinski definition) is 2. The maximum absolute atomic E-state index is 12.5. The fraction of sp³-hybridized carbons (Fsp3) is 0.571. The average Bonchev–Trinajstić information content (AvgIpc) is 2.35. The van der Waals surface area contributed by atoms with Gasteiger partial charge in [0.25, 0.3) is 0 Å². The second-order valence-corrected chi connectivity index (χ2v) is 5.05. The van der Waals surface area contributed by atoms with Crippen molar-refractivity contribution in [1.29, 1.82) is 0 Å². The van der Waals surface area contributed by atoms with E-state index in [0.717, 1.165) is 0 Å². The van der Waals surface area contributed by atoms with E-state index in [1.807, 2.05) is 48.0 Å². The predicted octanol–water partition coefficient (Wildman–Crippen LogP) is 0.806. The second kappa shape index (κ2) is 3.97. The first kappa shape index (κ1) is 11.5. The minimum Gasteiger partial charge on any atom is -0.335 e. The van der Waals surface area contributed by atoms with Crippen molar-refractivity contribution in [2.24, 2.45) is 11.8 Å².